The van der Waals surface area contributed by atoms with Gasteiger partial charge >= 0.3 is 0 Å². The molecule has 91 valence electrons. The third-order valence-corrected chi connectivity index (χ3v) is 2.81. The summed E-state index contributed by atoms with van der Waals surface area (Å²) in [6.45, 7) is 9.10. The lowest BCUT2D eigenvalue weighted by molar-refractivity contribution is 0.0648. The summed E-state index contributed by atoms with van der Waals surface area (Å²) in [5.74, 6) is 0. The second-order valence-electron chi connectivity index (χ2n) is 4.44. The van der Waals surface area contributed by atoms with E-state index in [0.717, 1.165) is 13.0 Å². The Morgan fingerprint density at radius 2 is 1.47 bits per heavy atom. The highest BCUT2D eigenvalue weighted by Gasteiger charge is 1.97. The predicted molar refractivity (Wildman–Crippen MR) is 68.0 cm³/mol. The Labute approximate surface area is 96.6 Å². The van der Waals surface area contributed by atoms with Crippen molar-refractivity contribution in [3.8, 4) is 0 Å². The number of hydrogen-bond donors (Lipinski definition) is 0. The molecule has 0 spiro atoms. The van der Waals surface area contributed by atoms with Gasteiger partial charge in [-0.1, -0.05) is 58.8 Å². The Morgan fingerprint density at radius 1 is 0.933 bits per heavy atom. The molecular weight excluding hydrogens is 184 g/mol. The van der Waals surface area contributed by atoms with Crippen LogP contribution in [0.1, 0.15) is 71.6 Å². The molecule has 15 heavy (non-hydrogen) atoms. The first kappa shape index (κ1) is 15.0. The highest BCUT2D eigenvalue weighted by atomic mass is 16.5. The van der Waals surface area contributed by atoms with Gasteiger partial charge in [0.1, 0.15) is 0 Å². The van der Waals surface area contributed by atoms with Crippen LogP contribution >= 0.6 is 0 Å². The molecule has 0 amide bonds. The zero-order valence-corrected chi connectivity index (χ0v) is 10.8. The van der Waals surface area contributed by atoms with Crippen LogP contribution in [0.3, 0.4) is 0 Å². The Kier molecular flexibility index (Phi) is 12.0. The summed E-state index contributed by atoms with van der Waals surface area (Å²) < 4.78 is 5.57. The molecular formula is C14H29O. The number of ether oxygens (including phenoxy) is 1. The number of unbranched alkanes of at least 4 members (excludes halogenated alkanes) is 7. The van der Waals surface area contributed by atoms with E-state index in [1.54, 1.807) is 0 Å². The summed E-state index contributed by atoms with van der Waals surface area (Å²) in [6.07, 6.45) is 12.2. The SMILES string of the molecule is [CH2]CC(C)OCCCCCCCCCC. The Morgan fingerprint density at radius 3 is 2.00 bits per heavy atom. The van der Waals surface area contributed by atoms with Crippen LogP contribution in [-0.4, -0.2) is 12.7 Å². The van der Waals surface area contributed by atoms with Gasteiger partial charge in [-0.3, -0.25) is 0 Å². The molecule has 1 heteroatoms. The van der Waals surface area contributed by atoms with Gasteiger partial charge < -0.3 is 4.74 Å². The molecule has 0 aliphatic carbocycles. The molecule has 1 unspecified atom stereocenters. The molecule has 0 N–H and O–H groups in total. The maximum absolute atomic E-state index is 5.57. The maximum atomic E-state index is 5.57. The standard InChI is InChI=1S/C14H29O/c1-4-6-7-8-9-10-11-12-13-15-14(3)5-2/h14H,2,4-13H2,1,3H3. The summed E-state index contributed by atoms with van der Waals surface area (Å²) in [4.78, 5) is 0. The van der Waals surface area contributed by atoms with Crippen molar-refractivity contribution >= 4 is 0 Å². The van der Waals surface area contributed by atoms with Crippen molar-refractivity contribution in [1.29, 1.82) is 0 Å². The van der Waals surface area contributed by atoms with Crippen molar-refractivity contribution in [1.82, 2.24) is 0 Å². The van der Waals surface area contributed by atoms with Gasteiger partial charge in [-0.15, -0.1) is 0 Å². The lowest BCUT2D eigenvalue weighted by atomic mass is 10.1. The van der Waals surface area contributed by atoms with Gasteiger partial charge in [-0.05, 0) is 19.8 Å². The fraction of sp³-hybridized carbons (Fsp3) is 0.929. The van der Waals surface area contributed by atoms with Gasteiger partial charge in [0, 0.05) is 6.61 Å². The molecule has 0 rings (SSSR count). The third kappa shape index (κ3) is 11.9. The van der Waals surface area contributed by atoms with Crippen LogP contribution in [0, 0.1) is 6.92 Å². The molecule has 0 saturated carbocycles. The smallest absolute Gasteiger partial charge is 0.0547 e. The Bertz CT molecular complexity index is 112. The van der Waals surface area contributed by atoms with Gasteiger partial charge in [0.15, 0.2) is 0 Å². The van der Waals surface area contributed by atoms with Gasteiger partial charge in [0.2, 0.25) is 0 Å². The van der Waals surface area contributed by atoms with E-state index in [2.05, 4.69) is 20.8 Å². The van der Waals surface area contributed by atoms with Crippen LogP contribution in [-0.2, 0) is 4.74 Å². The van der Waals surface area contributed by atoms with Crippen molar-refractivity contribution in [2.75, 3.05) is 6.61 Å². The summed E-state index contributed by atoms with van der Waals surface area (Å²) in [7, 11) is 0. The molecule has 1 nitrogen and oxygen atoms in total. The van der Waals surface area contributed by atoms with E-state index in [4.69, 9.17) is 4.74 Å². The highest BCUT2D eigenvalue weighted by molar-refractivity contribution is 4.51. The first-order valence-electron chi connectivity index (χ1n) is 6.72. The molecule has 0 aromatic rings. The summed E-state index contributed by atoms with van der Waals surface area (Å²) in [5.41, 5.74) is 0. The largest absolute Gasteiger partial charge is 0.379 e. The fourth-order valence-electron chi connectivity index (χ4n) is 1.60. The molecule has 0 aromatic carbocycles. The van der Waals surface area contributed by atoms with Gasteiger partial charge in [-0.2, -0.15) is 0 Å². The summed E-state index contributed by atoms with van der Waals surface area (Å²) in [5, 5.41) is 0. The monoisotopic (exact) mass is 213 g/mol. The van der Waals surface area contributed by atoms with E-state index >= 15 is 0 Å². The minimum atomic E-state index is 0.342. The zero-order valence-electron chi connectivity index (χ0n) is 10.8. The summed E-state index contributed by atoms with van der Waals surface area (Å²) >= 11 is 0. The first-order chi connectivity index (χ1) is 7.31. The molecule has 0 fully saturated rings. The quantitative estimate of drug-likeness (QED) is 0.450. The van der Waals surface area contributed by atoms with E-state index in [0.29, 0.717) is 6.10 Å². The van der Waals surface area contributed by atoms with Crippen molar-refractivity contribution < 1.29 is 4.74 Å². The van der Waals surface area contributed by atoms with Crippen LogP contribution in [0.2, 0.25) is 0 Å². The van der Waals surface area contributed by atoms with Crippen molar-refractivity contribution in [2.45, 2.75) is 77.7 Å². The molecule has 0 bridgehead atoms. The van der Waals surface area contributed by atoms with Crippen LogP contribution < -0.4 is 0 Å². The predicted octanol–water partition coefficient (Wildman–Crippen LogP) is 4.76. The first-order valence-corrected chi connectivity index (χ1v) is 6.72. The van der Waals surface area contributed by atoms with E-state index in [1.165, 1.54) is 51.4 Å². The molecule has 0 heterocycles. The van der Waals surface area contributed by atoms with E-state index in [1.807, 2.05) is 0 Å². The van der Waals surface area contributed by atoms with E-state index < -0.39 is 0 Å². The lowest BCUT2D eigenvalue weighted by Crippen LogP contribution is -2.07. The van der Waals surface area contributed by atoms with Crippen molar-refractivity contribution in [3.05, 3.63) is 6.92 Å². The molecule has 0 saturated heterocycles. The topological polar surface area (TPSA) is 9.23 Å². The van der Waals surface area contributed by atoms with Crippen LogP contribution in [0.25, 0.3) is 0 Å². The number of rotatable bonds is 11. The van der Waals surface area contributed by atoms with Crippen LogP contribution in [0.5, 0.6) is 0 Å². The molecule has 0 aliphatic rings. The van der Waals surface area contributed by atoms with Crippen molar-refractivity contribution in [2.24, 2.45) is 0 Å². The Hall–Kier alpha value is -0.0400. The highest BCUT2D eigenvalue weighted by Crippen LogP contribution is 2.08. The fourth-order valence-corrected chi connectivity index (χ4v) is 1.60. The second kappa shape index (κ2) is 12.0. The lowest BCUT2D eigenvalue weighted by Gasteiger charge is -2.09. The zero-order chi connectivity index (χ0) is 11.4. The third-order valence-electron chi connectivity index (χ3n) is 2.81. The van der Waals surface area contributed by atoms with Crippen LogP contribution in [0.15, 0.2) is 0 Å². The van der Waals surface area contributed by atoms with Gasteiger partial charge in [0.25, 0.3) is 0 Å². The average molecular weight is 213 g/mol. The summed E-state index contributed by atoms with van der Waals surface area (Å²) in [6, 6.07) is 0. The molecule has 0 aromatic heterocycles. The van der Waals surface area contributed by atoms with Gasteiger partial charge in [0.05, 0.1) is 6.10 Å². The van der Waals surface area contributed by atoms with E-state index in [9.17, 15) is 0 Å². The van der Waals surface area contributed by atoms with E-state index in [-0.39, 0.29) is 0 Å². The molecule has 1 atom stereocenters. The minimum Gasteiger partial charge on any atom is -0.379 e. The number of hydrogen-bond acceptors (Lipinski definition) is 1. The van der Waals surface area contributed by atoms with Crippen LogP contribution in [0.4, 0.5) is 0 Å². The maximum Gasteiger partial charge on any atom is 0.0547 e. The second-order valence-corrected chi connectivity index (χ2v) is 4.44. The minimum absolute atomic E-state index is 0.342. The normalized spacial score (nSPS) is 13.0. The molecule has 0 aliphatic heterocycles. The Balaban J connectivity index is 2.92. The van der Waals surface area contributed by atoms with Crippen molar-refractivity contribution in [3.63, 3.8) is 0 Å². The average Bonchev–Trinajstić information content (AvgIpc) is 2.26. The molecule has 1 radical (unpaired) electrons. The van der Waals surface area contributed by atoms with Gasteiger partial charge in [-0.25, -0.2) is 0 Å².